The van der Waals surface area contributed by atoms with Gasteiger partial charge in [-0.05, 0) is 46.6 Å². The topological polar surface area (TPSA) is 79.9 Å². The van der Waals surface area contributed by atoms with Crippen LogP contribution < -0.4 is 0 Å². The van der Waals surface area contributed by atoms with Gasteiger partial charge in [-0.2, -0.15) is 0 Å². The minimum atomic E-state index is -1.06. The van der Waals surface area contributed by atoms with E-state index < -0.39 is 16.1 Å². The smallest absolute Gasteiger partial charge is 0.190 e. The molecule has 4 rings (SSSR count). The molecule has 0 saturated heterocycles. The molecule has 41 heavy (non-hydrogen) atoms. The Balaban J connectivity index is 0.000000226. The lowest BCUT2D eigenvalue weighted by molar-refractivity contribution is 0.0897. The first-order valence-electron chi connectivity index (χ1n) is 13.2. The Morgan fingerprint density at radius 1 is 0.780 bits per heavy atom. The highest BCUT2D eigenvalue weighted by molar-refractivity contribution is 9.10. The number of halogens is 3. The maximum Gasteiger partial charge on any atom is 0.190 e. The fourth-order valence-electron chi connectivity index (χ4n) is 3.56. The Bertz CT molecular complexity index is 1460. The van der Waals surface area contributed by atoms with Gasteiger partial charge < -0.3 is 18.6 Å². The van der Waals surface area contributed by atoms with E-state index >= 15 is 0 Å². The molecule has 15 heteroatoms. The van der Waals surface area contributed by atoms with Crippen molar-refractivity contribution in [1.82, 2.24) is 29.1 Å². The molecule has 0 saturated carbocycles. The van der Waals surface area contributed by atoms with Crippen molar-refractivity contribution >= 4 is 101 Å². The number of ether oxygens (including phenoxy) is 2. The maximum atomic E-state index is 6.24. The van der Waals surface area contributed by atoms with Crippen LogP contribution in [0.5, 0.6) is 0 Å². The number of hydrogen-bond acceptors (Lipinski definition) is 8. The van der Waals surface area contributed by atoms with Gasteiger partial charge in [0.05, 0.1) is 10.8 Å². The number of aromatic nitrogens is 6. The van der Waals surface area contributed by atoms with Crippen LogP contribution in [0.3, 0.4) is 0 Å². The molecule has 0 radical (unpaired) electrons. The predicted molar refractivity (Wildman–Crippen MR) is 185 cm³/mol. The minimum absolute atomic E-state index is 0.470. The molecule has 0 aliphatic heterocycles. The summed E-state index contributed by atoms with van der Waals surface area (Å²) in [6.45, 7) is 16.6. The number of nitrogens with zero attached hydrogens (tertiary/aromatic N) is 6. The average Bonchev–Trinajstić information content (AvgIpc) is 3.44. The monoisotopic (exact) mass is 736 g/mol. The molecule has 4 heterocycles. The lowest BCUT2D eigenvalue weighted by Gasteiger charge is -2.15. The second-order valence-electron chi connectivity index (χ2n) is 11.9. The summed E-state index contributed by atoms with van der Waals surface area (Å²) in [6.07, 6.45) is 7.77. The van der Waals surface area contributed by atoms with Gasteiger partial charge >= 0.3 is 0 Å². The molecule has 0 aliphatic carbocycles. The van der Waals surface area contributed by atoms with Crippen LogP contribution in [0.1, 0.15) is 0 Å². The Morgan fingerprint density at radius 2 is 1.29 bits per heavy atom. The summed E-state index contributed by atoms with van der Waals surface area (Å²) in [5.74, 6) is 0. The van der Waals surface area contributed by atoms with Crippen molar-refractivity contribution in [1.29, 1.82) is 0 Å². The summed E-state index contributed by atoms with van der Waals surface area (Å²) in [5, 5.41) is 4.03. The molecule has 0 amide bonds. The molecular formula is C26H39BrCl2N6O2S2Si2. The molecule has 0 fully saturated rings. The van der Waals surface area contributed by atoms with Gasteiger partial charge in [0.1, 0.15) is 35.1 Å². The Kier molecular flexibility index (Phi) is 13.1. The molecule has 8 nitrogen and oxygen atoms in total. The minimum Gasteiger partial charge on any atom is -0.361 e. The van der Waals surface area contributed by atoms with Gasteiger partial charge in [-0.25, -0.2) is 19.9 Å². The zero-order chi connectivity index (χ0) is 30.4. The second-order valence-corrected chi connectivity index (χ2v) is 26.2. The first-order valence-corrected chi connectivity index (χ1v) is 24.6. The van der Waals surface area contributed by atoms with Gasteiger partial charge in [-0.15, -0.1) is 0 Å². The zero-order valence-electron chi connectivity index (χ0n) is 24.9. The molecule has 0 aliphatic rings. The quantitative estimate of drug-likeness (QED) is 0.0469. The van der Waals surface area contributed by atoms with E-state index in [1.54, 1.807) is 0 Å². The molecule has 4 aromatic heterocycles. The Hall–Kier alpha value is -0.646. The largest absolute Gasteiger partial charge is 0.361 e. The standard InChI is InChI=1S/C13H19BrClN3OSSi.C13H20ClN3OSSi/c1-20-13-16-11(15)10-9(14)7-18(12(10)17-13)8-19-5-6-21(2,3)4;1-19-13-15-11(14)10-5-6-17(12(10)16-13)9-18-7-8-20(2,3)4/h7H,5-6,8H2,1-4H3;5-6H,7-9H2,1-4H3. The third-order valence-corrected chi connectivity index (χ3v) is 11.6. The third kappa shape index (κ3) is 10.5. The molecule has 0 spiro atoms. The first kappa shape index (κ1) is 34.8. The van der Waals surface area contributed by atoms with E-state index in [0.717, 1.165) is 51.8 Å². The molecule has 0 unspecified atom stereocenters. The van der Waals surface area contributed by atoms with Gasteiger partial charge in [0.2, 0.25) is 0 Å². The number of hydrogen-bond donors (Lipinski definition) is 0. The summed E-state index contributed by atoms with van der Waals surface area (Å²) in [5.41, 5.74) is 1.64. The number of rotatable bonds is 12. The van der Waals surface area contributed by atoms with E-state index in [0.29, 0.717) is 34.1 Å². The van der Waals surface area contributed by atoms with E-state index in [1.165, 1.54) is 23.5 Å². The van der Waals surface area contributed by atoms with Crippen LogP contribution in [0.2, 0.25) is 61.7 Å². The van der Waals surface area contributed by atoms with Crippen molar-refractivity contribution < 1.29 is 9.47 Å². The number of fused-ring (bicyclic) bond motifs is 2. The van der Waals surface area contributed by atoms with Crippen LogP contribution >= 0.6 is 62.7 Å². The number of thioether (sulfide) groups is 2. The van der Waals surface area contributed by atoms with Crippen LogP contribution in [0, 0.1) is 0 Å². The maximum absolute atomic E-state index is 6.24. The van der Waals surface area contributed by atoms with E-state index in [9.17, 15) is 0 Å². The van der Waals surface area contributed by atoms with E-state index in [1.807, 2.05) is 40.1 Å². The molecule has 0 N–H and O–H groups in total. The van der Waals surface area contributed by atoms with Crippen LogP contribution in [0.4, 0.5) is 0 Å². The molecule has 4 aromatic rings. The molecular weight excluding hydrogens is 699 g/mol. The second kappa shape index (κ2) is 15.4. The third-order valence-electron chi connectivity index (χ3n) is 5.98. The fourth-order valence-corrected chi connectivity index (χ4v) is 7.11. The van der Waals surface area contributed by atoms with Gasteiger partial charge in [-0.3, -0.25) is 0 Å². The zero-order valence-corrected chi connectivity index (χ0v) is 31.7. The van der Waals surface area contributed by atoms with Crippen molar-refractivity contribution in [2.45, 2.75) is 75.1 Å². The van der Waals surface area contributed by atoms with Gasteiger partial charge in [0.25, 0.3) is 0 Å². The Morgan fingerprint density at radius 3 is 1.83 bits per heavy atom. The summed E-state index contributed by atoms with van der Waals surface area (Å²) < 4.78 is 16.4. The molecule has 0 atom stereocenters. The first-order chi connectivity index (χ1) is 19.2. The van der Waals surface area contributed by atoms with E-state index in [-0.39, 0.29) is 0 Å². The van der Waals surface area contributed by atoms with Gasteiger partial charge in [-0.1, -0.05) is 86.0 Å². The van der Waals surface area contributed by atoms with E-state index in [4.69, 9.17) is 32.7 Å². The summed E-state index contributed by atoms with van der Waals surface area (Å²) in [6, 6.07) is 4.25. The van der Waals surface area contributed by atoms with E-state index in [2.05, 4.69) is 75.1 Å². The van der Waals surface area contributed by atoms with Crippen LogP contribution in [-0.2, 0) is 22.9 Å². The highest BCUT2D eigenvalue weighted by atomic mass is 79.9. The lowest BCUT2D eigenvalue weighted by Crippen LogP contribution is -2.22. The van der Waals surface area contributed by atoms with Crippen molar-refractivity contribution in [2.24, 2.45) is 0 Å². The molecule has 0 bridgehead atoms. The highest BCUT2D eigenvalue weighted by Gasteiger charge is 2.16. The van der Waals surface area contributed by atoms with Gasteiger partial charge in [0, 0.05) is 46.2 Å². The van der Waals surface area contributed by atoms with Crippen molar-refractivity contribution in [2.75, 3.05) is 25.7 Å². The fraction of sp³-hybridized carbons (Fsp3) is 0.538. The average molecular weight is 739 g/mol. The molecule has 0 aromatic carbocycles. The van der Waals surface area contributed by atoms with Gasteiger partial charge in [0.15, 0.2) is 10.3 Å². The molecule has 226 valence electrons. The van der Waals surface area contributed by atoms with Crippen molar-refractivity contribution in [3.8, 4) is 0 Å². The summed E-state index contributed by atoms with van der Waals surface area (Å²) in [7, 11) is -2.10. The SMILES string of the molecule is CSc1nc(Cl)c2c(Br)cn(COCC[Si](C)(C)C)c2n1.CSc1nc(Cl)c2ccn(COCC[Si](C)(C)C)c2n1. The van der Waals surface area contributed by atoms with Crippen LogP contribution in [0.25, 0.3) is 22.1 Å². The van der Waals surface area contributed by atoms with Crippen LogP contribution in [0.15, 0.2) is 33.2 Å². The lowest BCUT2D eigenvalue weighted by atomic mass is 10.4. The van der Waals surface area contributed by atoms with Crippen LogP contribution in [-0.4, -0.2) is 70.9 Å². The normalized spacial score (nSPS) is 12.3. The van der Waals surface area contributed by atoms with Crippen molar-refractivity contribution in [3.63, 3.8) is 0 Å². The highest BCUT2D eigenvalue weighted by Crippen LogP contribution is 2.32. The predicted octanol–water partition coefficient (Wildman–Crippen LogP) is 9.00. The van der Waals surface area contributed by atoms with Crippen molar-refractivity contribution in [3.05, 3.63) is 33.2 Å². The summed E-state index contributed by atoms with van der Waals surface area (Å²) in [4.78, 5) is 17.5. The Labute approximate surface area is 271 Å². The summed E-state index contributed by atoms with van der Waals surface area (Å²) >= 11 is 18.9.